The van der Waals surface area contributed by atoms with Crippen molar-refractivity contribution in [3.05, 3.63) is 18.5 Å². The molecule has 0 unspecified atom stereocenters. The highest BCUT2D eigenvalue weighted by Crippen LogP contribution is 2.34. The van der Waals surface area contributed by atoms with Crippen molar-refractivity contribution in [1.29, 1.82) is 0 Å². The van der Waals surface area contributed by atoms with Crippen molar-refractivity contribution in [2.24, 2.45) is 0 Å². The third-order valence-electron chi connectivity index (χ3n) is 1.18. The van der Waals surface area contributed by atoms with Crippen LogP contribution in [0.1, 0.15) is 0 Å². The molecule has 1 aromatic rings. The molecule has 2 nitrogen and oxygen atoms in total. The molecule has 0 N–H and O–H groups in total. The van der Waals surface area contributed by atoms with Gasteiger partial charge in [-0.1, -0.05) is 11.8 Å². The van der Waals surface area contributed by atoms with E-state index in [1.54, 1.807) is 18.0 Å². The van der Waals surface area contributed by atoms with Gasteiger partial charge in [-0.2, -0.15) is 0 Å². The largest absolute Gasteiger partial charge is 0.481 e. The van der Waals surface area contributed by atoms with Crippen LogP contribution in [0.5, 0.6) is 5.75 Å². The maximum atomic E-state index is 5.22. The molecule has 1 aliphatic rings. The molecule has 0 aromatic carbocycles. The average molecular weight is 139 g/mol. The lowest BCUT2D eigenvalue weighted by atomic mass is 10.5. The number of aromatic nitrogens is 1. The first-order valence-electron chi connectivity index (χ1n) is 2.66. The van der Waals surface area contributed by atoms with E-state index in [9.17, 15) is 0 Å². The molecule has 2 heterocycles. The molecule has 1 aromatic heterocycles. The first-order valence-corrected chi connectivity index (χ1v) is 3.65. The van der Waals surface area contributed by atoms with Crippen molar-refractivity contribution < 1.29 is 4.74 Å². The van der Waals surface area contributed by atoms with E-state index < -0.39 is 0 Å². The van der Waals surface area contributed by atoms with Crippen molar-refractivity contribution in [2.75, 3.05) is 5.94 Å². The Morgan fingerprint density at radius 2 is 2.67 bits per heavy atom. The van der Waals surface area contributed by atoms with Gasteiger partial charge in [-0.3, -0.25) is 4.98 Å². The van der Waals surface area contributed by atoms with Gasteiger partial charge in [-0.25, -0.2) is 0 Å². The molecule has 0 aliphatic carbocycles. The fourth-order valence-corrected chi connectivity index (χ4v) is 1.47. The minimum atomic E-state index is 0.737. The van der Waals surface area contributed by atoms with E-state index in [1.807, 2.05) is 12.3 Å². The van der Waals surface area contributed by atoms with Gasteiger partial charge in [-0.15, -0.1) is 0 Å². The molecule has 0 spiro atoms. The molecule has 0 fully saturated rings. The highest BCUT2D eigenvalue weighted by molar-refractivity contribution is 7.99. The van der Waals surface area contributed by atoms with Gasteiger partial charge in [0.15, 0.2) is 0 Å². The van der Waals surface area contributed by atoms with Crippen molar-refractivity contribution in [3.63, 3.8) is 0 Å². The SMILES string of the molecule is c1cc2c(cn1)SCO2. The topological polar surface area (TPSA) is 22.1 Å². The maximum Gasteiger partial charge on any atom is 0.138 e. The number of hydrogen-bond acceptors (Lipinski definition) is 3. The fourth-order valence-electron chi connectivity index (χ4n) is 0.751. The van der Waals surface area contributed by atoms with Crippen molar-refractivity contribution in [2.45, 2.75) is 4.90 Å². The number of thioether (sulfide) groups is 1. The lowest BCUT2D eigenvalue weighted by molar-refractivity contribution is 0.397. The molecule has 1 aliphatic heterocycles. The van der Waals surface area contributed by atoms with Crippen molar-refractivity contribution in [1.82, 2.24) is 4.98 Å². The molecule has 3 heteroatoms. The van der Waals surface area contributed by atoms with Gasteiger partial charge in [-0.05, 0) is 6.07 Å². The van der Waals surface area contributed by atoms with E-state index in [4.69, 9.17) is 4.74 Å². The molecule has 9 heavy (non-hydrogen) atoms. The van der Waals surface area contributed by atoms with Crippen LogP contribution in [-0.4, -0.2) is 10.9 Å². The van der Waals surface area contributed by atoms with Crippen LogP contribution in [0.2, 0.25) is 0 Å². The van der Waals surface area contributed by atoms with Gasteiger partial charge in [0, 0.05) is 12.4 Å². The van der Waals surface area contributed by atoms with Crippen LogP contribution in [0.25, 0.3) is 0 Å². The van der Waals surface area contributed by atoms with E-state index in [0.29, 0.717) is 0 Å². The van der Waals surface area contributed by atoms with E-state index in [1.165, 1.54) is 0 Å². The predicted molar refractivity (Wildman–Crippen MR) is 35.6 cm³/mol. The van der Waals surface area contributed by atoms with Crippen molar-refractivity contribution in [3.8, 4) is 5.75 Å². The summed E-state index contributed by atoms with van der Waals surface area (Å²) < 4.78 is 5.22. The average Bonchev–Trinajstić information content (AvgIpc) is 2.33. The second-order valence-corrected chi connectivity index (χ2v) is 2.69. The summed E-state index contributed by atoms with van der Waals surface area (Å²) in [5, 5.41) is 0. The second-order valence-electron chi connectivity index (χ2n) is 1.73. The Morgan fingerprint density at radius 1 is 1.67 bits per heavy atom. The number of rotatable bonds is 0. The summed E-state index contributed by atoms with van der Waals surface area (Å²) in [6.45, 7) is 0. The lowest BCUT2D eigenvalue weighted by Crippen LogP contribution is -1.81. The molecule has 0 saturated carbocycles. The molecule has 0 saturated heterocycles. The molecule has 0 bridgehead atoms. The first-order chi connectivity index (χ1) is 4.47. The van der Waals surface area contributed by atoms with Crippen LogP contribution in [0.4, 0.5) is 0 Å². The zero-order valence-corrected chi connectivity index (χ0v) is 5.52. The van der Waals surface area contributed by atoms with Crippen LogP contribution < -0.4 is 4.74 Å². The van der Waals surface area contributed by atoms with E-state index >= 15 is 0 Å². The van der Waals surface area contributed by atoms with Gasteiger partial charge in [0.1, 0.15) is 11.7 Å². The Hall–Kier alpha value is -0.700. The van der Waals surface area contributed by atoms with E-state index in [2.05, 4.69) is 4.98 Å². The fraction of sp³-hybridized carbons (Fsp3) is 0.167. The number of ether oxygens (including phenoxy) is 1. The Balaban J connectivity index is 2.54. The molecule has 46 valence electrons. The lowest BCUT2D eigenvalue weighted by Gasteiger charge is -1.91. The van der Waals surface area contributed by atoms with Crippen LogP contribution in [-0.2, 0) is 0 Å². The highest BCUT2D eigenvalue weighted by Gasteiger charge is 2.10. The van der Waals surface area contributed by atoms with Gasteiger partial charge < -0.3 is 4.74 Å². The highest BCUT2D eigenvalue weighted by atomic mass is 32.2. The zero-order valence-electron chi connectivity index (χ0n) is 4.70. The number of pyridine rings is 1. The first kappa shape index (κ1) is 5.11. The summed E-state index contributed by atoms with van der Waals surface area (Å²) in [5.41, 5.74) is 0. The third kappa shape index (κ3) is 0.772. The molecular formula is C6H5NOS. The van der Waals surface area contributed by atoms with Crippen molar-refractivity contribution >= 4 is 11.8 Å². The summed E-state index contributed by atoms with van der Waals surface area (Å²) >= 11 is 1.68. The summed E-state index contributed by atoms with van der Waals surface area (Å²) in [6, 6.07) is 1.88. The smallest absolute Gasteiger partial charge is 0.138 e. The van der Waals surface area contributed by atoms with Gasteiger partial charge in [0.05, 0.1) is 4.90 Å². The van der Waals surface area contributed by atoms with Crippen LogP contribution >= 0.6 is 11.8 Å². The Labute approximate surface area is 57.2 Å². The van der Waals surface area contributed by atoms with Gasteiger partial charge in [0.25, 0.3) is 0 Å². The van der Waals surface area contributed by atoms with Gasteiger partial charge >= 0.3 is 0 Å². The Morgan fingerprint density at radius 3 is 3.56 bits per heavy atom. The summed E-state index contributed by atoms with van der Waals surface area (Å²) in [7, 11) is 0. The molecule has 0 amide bonds. The molecule has 2 rings (SSSR count). The number of fused-ring (bicyclic) bond motifs is 1. The number of nitrogens with zero attached hydrogens (tertiary/aromatic N) is 1. The van der Waals surface area contributed by atoms with Gasteiger partial charge in [0.2, 0.25) is 0 Å². The molecular weight excluding hydrogens is 134 g/mol. The molecule has 0 radical (unpaired) electrons. The normalized spacial score (nSPS) is 14.7. The Kier molecular flexibility index (Phi) is 1.09. The summed E-state index contributed by atoms with van der Waals surface area (Å²) in [6.07, 6.45) is 3.57. The minimum absolute atomic E-state index is 0.737. The van der Waals surface area contributed by atoms with Crippen LogP contribution in [0.15, 0.2) is 23.4 Å². The summed E-state index contributed by atoms with van der Waals surface area (Å²) in [5.74, 6) is 1.70. The monoisotopic (exact) mass is 139 g/mol. The summed E-state index contributed by atoms with van der Waals surface area (Å²) in [4.78, 5) is 5.11. The minimum Gasteiger partial charge on any atom is -0.481 e. The van der Waals surface area contributed by atoms with E-state index in [-0.39, 0.29) is 0 Å². The maximum absolute atomic E-state index is 5.22. The molecule has 0 atom stereocenters. The zero-order chi connectivity index (χ0) is 6.10. The second kappa shape index (κ2) is 1.92. The van der Waals surface area contributed by atoms with Crippen LogP contribution in [0, 0.1) is 0 Å². The number of hydrogen-bond donors (Lipinski definition) is 0. The van der Waals surface area contributed by atoms with E-state index in [0.717, 1.165) is 16.6 Å². The predicted octanol–water partition coefficient (Wildman–Crippen LogP) is 1.52. The quantitative estimate of drug-likeness (QED) is 0.544. The third-order valence-corrected chi connectivity index (χ3v) is 2.03. The standard InChI is InChI=1S/C6H5NOS/c1-2-7-3-6-5(1)8-4-9-6/h1-3H,4H2. The Bertz CT molecular complexity index is 203. The van der Waals surface area contributed by atoms with Crippen LogP contribution in [0.3, 0.4) is 0 Å².